The van der Waals surface area contributed by atoms with Crippen molar-refractivity contribution in [2.45, 2.75) is 12.3 Å². The van der Waals surface area contributed by atoms with E-state index >= 15 is 0 Å². The van der Waals surface area contributed by atoms with E-state index in [0.717, 1.165) is 11.1 Å². The average molecular weight is 425 g/mol. The Hall–Kier alpha value is -4.19. The summed E-state index contributed by atoms with van der Waals surface area (Å²) in [4.78, 5) is 21.6. The summed E-state index contributed by atoms with van der Waals surface area (Å²) in [5.41, 5.74) is 9.89. The van der Waals surface area contributed by atoms with Crippen LogP contribution in [0.4, 0.5) is 5.82 Å². The topological polar surface area (TPSA) is 98.3 Å². The summed E-state index contributed by atoms with van der Waals surface area (Å²) in [6.07, 6.45) is 0.126. The van der Waals surface area contributed by atoms with E-state index in [1.807, 2.05) is 66.7 Å². The molecule has 3 aromatic carbocycles. The Kier molecular flexibility index (Phi) is 6.12. The van der Waals surface area contributed by atoms with E-state index in [4.69, 9.17) is 15.5 Å². The molecule has 1 atom stereocenters. The molecular formula is C26H23N3O3. The zero-order valence-corrected chi connectivity index (χ0v) is 17.6. The summed E-state index contributed by atoms with van der Waals surface area (Å²) in [5.74, 6) is -0.572. The summed E-state index contributed by atoms with van der Waals surface area (Å²) in [5, 5.41) is 10.1. The Morgan fingerprint density at radius 3 is 2.12 bits per heavy atom. The number of nitrogen functional groups attached to an aromatic ring is 1. The van der Waals surface area contributed by atoms with Gasteiger partial charge in [0.15, 0.2) is 5.82 Å². The predicted octanol–water partition coefficient (Wildman–Crippen LogP) is 4.81. The van der Waals surface area contributed by atoms with E-state index in [2.05, 4.69) is 4.98 Å². The number of carbonyl (C=O) groups is 1. The van der Waals surface area contributed by atoms with Gasteiger partial charge in [-0.1, -0.05) is 78.9 Å². The first-order valence-electron chi connectivity index (χ1n) is 10.2. The molecule has 6 heteroatoms. The minimum atomic E-state index is -0.972. The molecule has 0 bridgehead atoms. The van der Waals surface area contributed by atoms with E-state index in [9.17, 15) is 9.90 Å². The van der Waals surface area contributed by atoms with Crippen molar-refractivity contribution in [1.29, 1.82) is 0 Å². The van der Waals surface area contributed by atoms with Crippen molar-refractivity contribution in [1.82, 2.24) is 9.97 Å². The Morgan fingerprint density at radius 2 is 1.50 bits per heavy atom. The zero-order chi connectivity index (χ0) is 22.5. The molecule has 3 N–H and O–H groups in total. The zero-order valence-electron chi connectivity index (χ0n) is 17.6. The number of nitrogens with two attached hydrogens (primary N) is 1. The molecule has 0 aliphatic rings. The van der Waals surface area contributed by atoms with Crippen LogP contribution >= 0.6 is 0 Å². The molecule has 4 aromatic rings. The van der Waals surface area contributed by atoms with Crippen LogP contribution in [0, 0.1) is 0 Å². The lowest BCUT2D eigenvalue weighted by molar-refractivity contribution is -0.138. The third-order valence-corrected chi connectivity index (χ3v) is 5.34. The normalized spacial score (nSPS) is 11.7. The molecule has 160 valence electrons. The van der Waals surface area contributed by atoms with E-state index in [1.54, 1.807) is 18.2 Å². The van der Waals surface area contributed by atoms with Crippen LogP contribution in [-0.4, -0.2) is 28.2 Å². The van der Waals surface area contributed by atoms with Gasteiger partial charge in [0.25, 0.3) is 0 Å². The average Bonchev–Trinajstić information content (AvgIpc) is 2.84. The van der Waals surface area contributed by atoms with Gasteiger partial charge in [0.05, 0.1) is 18.7 Å². The summed E-state index contributed by atoms with van der Waals surface area (Å²) in [7, 11) is 1.53. The molecule has 6 nitrogen and oxygen atoms in total. The summed E-state index contributed by atoms with van der Waals surface area (Å²) >= 11 is 0. The van der Waals surface area contributed by atoms with Gasteiger partial charge in [0.1, 0.15) is 11.6 Å². The number of para-hydroxylation sites is 1. The number of aromatic nitrogens is 2. The van der Waals surface area contributed by atoms with Crippen LogP contribution in [0.15, 0.2) is 84.9 Å². The highest BCUT2D eigenvalue weighted by atomic mass is 16.5. The Balaban J connectivity index is 1.86. The SMILES string of the molecule is COc1ccccc1C(Cc1c(N)nc(-c2ccccc2)nc1-c1ccccc1)C(=O)O. The van der Waals surface area contributed by atoms with Crippen LogP contribution in [0.2, 0.25) is 0 Å². The van der Waals surface area contributed by atoms with Crippen molar-refractivity contribution >= 4 is 11.8 Å². The first-order valence-corrected chi connectivity index (χ1v) is 10.2. The third-order valence-electron chi connectivity index (χ3n) is 5.34. The highest BCUT2D eigenvalue weighted by molar-refractivity contribution is 5.80. The van der Waals surface area contributed by atoms with Crippen molar-refractivity contribution in [3.63, 3.8) is 0 Å². The van der Waals surface area contributed by atoms with Crippen molar-refractivity contribution in [3.05, 3.63) is 96.1 Å². The predicted molar refractivity (Wildman–Crippen MR) is 124 cm³/mol. The molecule has 4 rings (SSSR count). The number of methoxy groups -OCH3 is 1. The first-order chi connectivity index (χ1) is 15.6. The van der Waals surface area contributed by atoms with Crippen LogP contribution in [0.3, 0.4) is 0 Å². The molecule has 0 fully saturated rings. The quantitative estimate of drug-likeness (QED) is 0.441. The van der Waals surface area contributed by atoms with Gasteiger partial charge in [-0.25, -0.2) is 9.97 Å². The second kappa shape index (κ2) is 9.31. The molecule has 1 unspecified atom stereocenters. The van der Waals surface area contributed by atoms with Gasteiger partial charge in [0, 0.05) is 22.3 Å². The largest absolute Gasteiger partial charge is 0.496 e. The van der Waals surface area contributed by atoms with Gasteiger partial charge in [-0.2, -0.15) is 0 Å². The van der Waals surface area contributed by atoms with Gasteiger partial charge in [-0.05, 0) is 12.5 Å². The number of nitrogens with zero attached hydrogens (tertiary/aromatic N) is 2. The van der Waals surface area contributed by atoms with Crippen molar-refractivity contribution < 1.29 is 14.6 Å². The van der Waals surface area contributed by atoms with Crippen LogP contribution in [0.1, 0.15) is 17.0 Å². The summed E-state index contributed by atoms with van der Waals surface area (Å²) in [6.45, 7) is 0. The standard InChI is InChI=1S/C26H23N3O3/c1-32-22-15-9-8-14-19(22)20(26(30)31)16-21-23(17-10-4-2-5-11-17)28-25(29-24(21)27)18-12-6-3-7-13-18/h2-15,20H,16H2,1H3,(H,30,31)(H2,27,28,29). The first kappa shape index (κ1) is 21.1. The highest BCUT2D eigenvalue weighted by Crippen LogP contribution is 2.35. The molecular weight excluding hydrogens is 402 g/mol. The van der Waals surface area contributed by atoms with E-state index in [-0.39, 0.29) is 12.2 Å². The molecule has 32 heavy (non-hydrogen) atoms. The third kappa shape index (κ3) is 4.30. The van der Waals surface area contributed by atoms with Gasteiger partial charge in [-0.3, -0.25) is 4.79 Å². The fraction of sp³-hybridized carbons (Fsp3) is 0.115. The van der Waals surface area contributed by atoms with Crippen LogP contribution in [0.25, 0.3) is 22.6 Å². The number of hydrogen-bond donors (Lipinski definition) is 2. The molecule has 0 spiro atoms. The molecule has 1 heterocycles. The van der Waals surface area contributed by atoms with E-state index < -0.39 is 11.9 Å². The molecule has 0 radical (unpaired) electrons. The Labute approximate surface area is 186 Å². The second-order valence-electron chi connectivity index (χ2n) is 7.33. The lowest BCUT2D eigenvalue weighted by atomic mass is 9.89. The van der Waals surface area contributed by atoms with Crippen LogP contribution in [-0.2, 0) is 11.2 Å². The number of aliphatic carboxylic acids is 1. The maximum absolute atomic E-state index is 12.3. The van der Waals surface area contributed by atoms with Crippen molar-refractivity contribution in [2.75, 3.05) is 12.8 Å². The summed E-state index contributed by atoms with van der Waals surface area (Å²) < 4.78 is 5.41. The number of ether oxygens (including phenoxy) is 1. The number of anilines is 1. The maximum atomic E-state index is 12.3. The molecule has 0 aliphatic heterocycles. The maximum Gasteiger partial charge on any atom is 0.311 e. The number of hydrogen-bond acceptors (Lipinski definition) is 5. The number of carboxylic acids is 1. The lowest BCUT2D eigenvalue weighted by Crippen LogP contribution is -2.18. The Bertz CT molecular complexity index is 1230. The second-order valence-corrected chi connectivity index (χ2v) is 7.33. The fourth-order valence-electron chi connectivity index (χ4n) is 3.74. The lowest BCUT2D eigenvalue weighted by Gasteiger charge is -2.19. The summed E-state index contributed by atoms with van der Waals surface area (Å²) in [6, 6.07) is 26.3. The van der Waals surface area contributed by atoms with Gasteiger partial charge >= 0.3 is 5.97 Å². The molecule has 0 aliphatic carbocycles. The molecule has 0 amide bonds. The number of carboxylic acid groups (broad SMARTS) is 1. The van der Waals surface area contributed by atoms with Crippen LogP contribution < -0.4 is 10.5 Å². The number of benzene rings is 3. The monoisotopic (exact) mass is 425 g/mol. The fourth-order valence-corrected chi connectivity index (χ4v) is 3.74. The van der Waals surface area contributed by atoms with Crippen molar-refractivity contribution in [2.24, 2.45) is 0 Å². The molecule has 0 saturated heterocycles. The van der Waals surface area contributed by atoms with Gasteiger partial charge in [-0.15, -0.1) is 0 Å². The van der Waals surface area contributed by atoms with Gasteiger partial charge < -0.3 is 15.6 Å². The smallest absolute Gasteiger partial charge is 0.311 e. The van der Waals surface area contributed by atoms with Crippen LogP contribution in [0.5, 0.6) is 5.75 Å². The molecule has 1 aromatic heterocycles. The van der Waals surface area contributed by atoms with Gasteiger partial charge in [0.2, 0.25) is 0 Å². The number of rotatable bonds is 7. The minimum Gasteiger partial charge on any atom is -0.496 e. The minimum absolute atomic E-state index is 0.126. The highest BCUT2D eigenvalue weighted by Gasteiger charge is 2.27. The van der Waals surface area contributed by atoms with E-state index in [1.165, 1.54) is 7.11 Å². The van der Waals surface area contributed by atoms with Crippen molar-refractivity contribution in [3.8, 4) is 28.4 Å². The molecule has 0 saturated carbocycles. The van der Waals surface area contributed by atoms with E-state index in [0.29, 0.717) is 28.4 Å². The Morgan fingerprint density at radius 1 is 0.906 bits per heavy atom.